The molecule has 1 aliphatic heterocycles. The molecule has 0 saturated carbocycles. The largest absolute Gasteiger partial charge is 0.457 e. The van der Waals surface area contributed by atoms with Gasteiger partial charge in [0.1, 0.15) is 29.3 Å². The molecule has 0 spiro atoms. The van der Waals surface area contributed by atoms with E-state index in [0.29, 0.717) is 18.9 Å². The van der Waals surface area contributed by atoms with Gasteiger partial charge >= 0.3 is 0 Å². The van der Waals surface area contributed by atoms with Crippen molar-refractivity contribution in [1.29, 1.82) is 0 Å². The van der Waals surface area contributed by atoms with E-state index in [-0.39, 0.29) is 11.9 Å². The van der Waals surface area contributed by atoms with Crippen LogP contribution in [0.2, 0.25) is 0 Å². The quantitative estimate of drug-likeness (QED) is 0.374. The van der Waals surface area contributed by atoms with Crippen LogP contribution in [0.4, 0.5) is 5.82 Å². The number of benzene rings is 2. The summed E-state index contributed by atoms with van der Waals surface area (Å²) in [6, 6.07) is 17.8. The zero-order valence-electron chi connectivity index (χ0n) is 21.5. The predicted octanol–water partition coefficient (Wildman–Crippen LogP) is 4.67. The van der Waals surface area contributed by atoms with Gasteiger partial charge in [0, 0.05) is 37.0 Å². The highest BCUT2D eigenvalue weighted by Crippen LogP contribution is 2.40. The van der Waals surface area contributed by atoms with Gasteiger partial charge in [-0.05, 0) is 57.3 Å². The Bertz CT molecular complexity index is 1430. The third-order valence-corrected chi connectivity index (χ3v) is 6.75. The van der Waals surface area contributed by atoms with Crippen LogP contribution in [0.15, 0.2) is 73.1 Å². The molecule has 0 bridgehead atoms. The number of nitrogen functional groups attached to an aromatic ring is 1. The number of anilines is 1. The summed E-state index contributed by atoms with van der Waals surface area (Å²) in [7, 11) is 3.96. The highest BCUT2D eigenvalue weighted by Gasteiger charge is 2.31. The molecule has 2 aromatic heterocycles. The Morgan fingerprint density at radius 1 is 1.11 bits per heavy atom. The van der Waals surface area contributed by atoms with Crippen LogP contribution in [-0.4, -0.2) is 64.0 Å². The summed E-state index contributed by atoms with van der Waals surface area (Å²) in [5.41, 5.74) is 10.3. The van der Waals surface area contributed by atoms with Crippen molar-refractivity contribution in [2.24, 2.45) is 0 Å². The lowest BCUT2D eigenvalue weighted by Crippen LogP contribution is -2.27. The number of likely N-dealkylation sites (tertiary alicyclic amines) is 1. The van der Waals surface area contributed by atoms with Gasteiger partial charge in [0.05, 0.1) is 11.4 Å². The number of carbonyl (C=O) groups excluding carboxylic acids is 1. The van der Waals surface area contributed by atoms with Crippen LogP contribution in [0.5, 0.6) is 11.5 Å². The van der Waals surface area contributed by atoms with Crippen LogP contribution >= 0.6 is 0 Å². The summed E-state index contributed by atoms with van der Waals surface area (Å²) in [6.45, 7) is 4.16. The molecule has 0 radical (unpaired) electrons. The van der Waals surface area contributed by atoms with Crippen molar-refractivity contribution in [3.05, 3.63) is 78.8 Å². The zero-order chi connectivity index (χ0) is 25.9. The average molecular weight is 497 g/mol. The third-order valence-electron chi connectivity index (χ3n) is 6.75. The minimum atomic E-state index is 0.0434. The Hall–Kier alpha value is -4.17. The maximum absolute atomic E-state index is 12.7. The number of rotatable bonds is 7. The number of para-hydroxylation sites is 1. The molecule has 4 aromatic rings. The molecule has 8 nitrogen and oxygen atoms in total. The fraction of sp³-hybridized carbons (Fsp3) is 0.276. The van der Waals surface area contributed by atoms with E-state index in [1.54, 1.807) is 6.08 Å². The summed E-state index contributed by atoms with van der Waals surface area (Å²) in [5.74, 6) is 2.04. The molecule has 0 aliphatic carbocycles. The third kappa shape index (κ3) is 5.06. The standard InChI is InChI=1S/C29H32N6O2/c1-20-26(21-11-13-24(14-12-21)37-23-8-5-4-6-9-23)27-28(30)31-19-32-29(27)35(20)22-15-17-34(18-22)25(36)10-7-16-33(2)3/h4-14,19,22H,15-18H2,1-3H3,(H2,30,31,32). The Balaban J connectivity index is 1.45. The van der Waals surface area contributed by atoms with E-state index in [1.165, 1.54) is 6.33 Å². The number of nitrogens with zero attached hydrogens (tertiary/aromatic N) is 5. The minimum Gasteiger partial charge on any atom is -0.457 e. The molecule has 1 fully saturated rings. The highest BCUT2D eigenvalue weighted by molar-refractivity contribution is 6.02. The highest BCUT2D eigenvalue weighted by atomic mass is 16.5. The number of likely N-dealkylation sites (N-methyl/N-ethyl adjacent to an activating group) is 1. The predicted molar refractivity (Wildman–Crippen MR) is 147 cm³/mol. The van der Waals surface area contributed by atoms with Crippen molar-refractivity contribution in [3.8, 4) is 22.6 Å². The smallest absolute Gasteiger partial charge is 0.246 e. The van der Waals surface area contributed by atoms with Gasteiger partial charge in [0.2, 0.25) is 5.91 Å². The first-order valence-corrected chi connectivity index (χ1v) is 12.5. The summed E-state index contributed by atoms with van der Waals surface area (Å²) in [5, 5.41) is 0.840. The topological polar surface area (TPSA) is 89.5 Å². The lowest BCUT2D eigenvalue weighted by molar-refractivity contribution is -0.125. The second-order valence-corrected chi connectivity index (χ2v) is 9.62. The Morgan fingerprint density at radius 3 is 2.57 bits per heavy atom. The molecule has 1 unspecified atom stereocenters. The van der Waals surface area contributed by atoms with Gasteiger partial charge in [0.15, 0.2) is 0 Å². The van der Waals surface area contributed by atoms with Crippen LogP contribution < -0.4 is 10.5 Å². The van der Waals surface area contributed by atoms with Crippen LogP contribution in [0.1, 0.15) is 18.2 Å². The van der Waals surface area contributed by atoms with E-state index in [9.17, 15) is 4.79 Å². The normalized spacial score (nSPS) is 15.8. The molecule has 1 atom stereocenters. The van der Waals surface area contributed by atoms with Gasteiger partial charge in [-0.1, -0.05) is 36.4 Å². The second-order valence-electron chi connectivity index (χ2n) is 9.62. The molecule has 1 aliphatic rings. The van der Waals surface area contributed by atoms with Crippen LogP contribution in [0.3, 0.4) is 0 Å². The van der Waals surface area contributed by atoms with Crippen molar-refractivity contribution in [2.75, 3.05) is 39.5 Å². The summed E-state index contributed by atoms with van der Waals surface area (Å²) < 4.78 is 8.20. The van der Waals surface area contributed by atoms with Gasteiger partial charge in [-0.2, -0.15) is 0 Å². The van der Waals surface area contributed by atoms with Crippen molar-refractivity contribution in [2.45, 2.75) is 19.4 Å². The summed E-state index contributed by atoms with van der Waals surface area (Å²) in [4.78, 5) is 25.6. The van der Waals surface area contributed by atoms with E-state index >= 15 is 0 Å². The van der Waals surface area contributed by atoms with Crippen LogP contribution in [-0.2, 0) is 4.79 Å². The summed E-state index contributed by atoms with van der Waals surface area (Å²) >= 11 is 0. The Morgan fingerprint density at radius 2 is 1.84 bits per heavy atom. The molecule has 5 rings (SSSR count). The minimum absolute atomic E-state index is 0.0434. The number of hydrogen-bond donors (Lipinski definition) is 1. The fourth-order valence-electron chi connectivity index (χ4n) is 5.01. The molecule has 190 valence electrons. The number of nitrogens with two attached hydrogens (primary N) is 1. The summed E-state index contributed by atoms with van der Waals surface area (Å²) in [6.07, 6.45) is 5.94. The zero-order valence-corrected chi connectivity index (χ0v) is 21.5. The average Bonchev–Trinajstić information content (AvgIpc) is 3.48. The van der Waals surface area contributed by atoms with Crippen molar-refractivity contribution in [1.82, 2.24) is 24.3 Å². The first-order chi connectivity index (χ1) is 17.9. The molecule has 8 heteroatoms. The Kier molecular flexibility index (Phi) is 6.92. The lowest BCUT2D eigenvalue weighted by atomic mass is 10.0. The van der Waals surface area contributed by atoms with Gasteiger partial charge in [0.25, 0.3) is 0 Å². The van der Waals surface area contributed by atoms with E-state index < -0.39 is 0 Å². The van der Waals surface area contributed by atoms with Gasteiger partial charge in [-0.15, -0.1) is 0 Å². The Labute approximate surface area is 217 Å². The first-order valence-electron chi connectivity index (χ1n) is 12.5. The van der Waals surface area contributed by atoms with E-state index in [0.717, 1.165) is 52.3 Å². The van der Waals surface area contributed by atoms with Gasteiger partial charge in [-0.3, -0.25) is 4.79 Å². The number of ether oxygens (including phenoxy) is 1. The lowest BCUT2D eigenvalue weighted by Gasteiger charge is -2.18. The van der Waals surface area contributed by atoms with E-state index in [4.69, 9.17) is 10.5 Å². The number of aromatic nitrogens is 3. The van der Waals surface area contributed by atoms with Gasteiger partial charge in [-0.25, -0.2) is 9.97 Å². The molecular formula is C29H32N6O2. The monoisotopic (exact) mass is 496 g/mol. The molecule has 2 N–H and O–H groups in total. The number of carbonyl (C=O) groups is 1. The van der Waals surface area contributed by atoms with Gasteiger partial charge < -0.3 is 24.8 Å². The maximum atomic E-state index is 12.7. The fourth-order valence-corrected chi connectivity index (χ4v) is 5.01. The first kappa shape index (κ1) is 24.5. The SMILES string of the molecule is Cc1c(-c2ccc(Oc3ccccc3)cc2)c2c(N)ncnc2n1C1CCN(C(=O)C=CCN(C)C)C1. The number of fused-ring (bicyclic) bond motifs is 1. The maximum Gasteiger partial charge on any atom is 0.246 e. The molecule has 3 heterocycles. The van der Waals surface area contributed by atoms with Crippen molar-refractivity contribution in [3.63, 3.8) is 0 Å². The molecule has 1 saturated heterocycles. The second kappa shape index (κ2) is 10.4. The van der Waals surface area contributed by atoms with Crippen LogP contribution in [0.25, 0.3) is 22.2 Å². The van der Waals surface area contributed by atoms with Crippen LogP contribution in [0, 0.1) is 6.92 Å². The van der Waals surface area contributed by atoms with Crippen molar-refractivity contribution >= 4 is 22.8 Å². The molecule has 1 amide bonds. The number of amides is 1. The van der Waals surface area contributed by atoms with E-state index in [2.05, 4.69) is 21.5 Å². The molecule has 37 heavy (non-hydrogen) atoms. The molecule has 2 aromatic carbocycles. The van der Waals surface area contributed by atoms with E-state index in [1.807, 2.05) is 84.6 Å². The molecular weight excluding hydrogens is 464 g/mol. The van der Waals surface area contributed by atoms with Crippen molar-refractivity contribution < 1.29 is 9.53 Å². The number of hydrogen-bond acceptors (Lipinski definition) is 6.